The van der Waals surface area contributed by atoms with Crippen LogP contribution in [0.3, 0.4) is 0 Å². The Kier molecular flexibility index (Phi) is 5.35. The van der Waals surface area contributed by atoms with Crippen molar-refractivity contribution in [3.8, 4) is 10.7 Å². The zero-order valence-corrected chi connectivity index (χ0v) is 17.5. The van der Waals surface area contributed by atoms with Gasteiger partial charge in [-0.15, -0.1) is 11.3 Å². The summed E-state index contributed by atoms with van der Waals surface area (Å²) < 4.78 is 32.9. The van der Waals surface area contributed by atoms with Gasteiger partial charge in [-0.05, 0) is 47.9 Å². The Bertz CT molecular complexity index is 1020. The van der Waals surface area contributed by atoms with Gasteiger partial charge in [-0.2, -0.15) is 9.29 Å². The van der Waals surface area contributed by atoms with E-state index < -0.39 is 10.0 Å². The summed E-state index contributed by atoms with van der Waals surface area (Å²) in [6, 6.07) is 11.1. The average molecular weight is 418 g/mol. The van der Waals surface area contributed by atoms with Gasteiger partial charge >= 0.3 is 0 Å². The van der Waals surface area contributed by atoms with Crippen LogP contribution < -0.4 is 0 Å². The first-order valence-electron chi connectivity index (χ1n) is 9.43. The van der Waals surface area contributed by atoms with Crippen molar-refractivity contribution in [3.05, 3.63) is 53.2 Å². The van der Waals surface area contributed by atoms with Crippen molar-refractivity contribution in [2.45, 2.75) is 43.4 Å². The van der Waals surface area contributed by atoms with Crippen LogP contribution >= 0.6 is 11.3 Å². The molecule has 0 spiro atoms. The maximum absolute atomic E-state index is 12.9. The quantitative estimate of drug-likeness (QED) is 0.611. The molecule has 0 atom stereocenters. The number of sulfonamides is 1. The molecule has 28 heavy (non-hydrogen) atoms. The van der Waals surface area contributed by atoms with Gasteiger partial charge in [0.25, 0.3) is 0 Å². The molecule has 3 heterocycles. The minimum Gasteiger partial charge on any atom is -0.339 e. The predicted octanol–water partition coefficient (Wildman–Crippen LogP) is 4.49. The van der Waals surface area contributed by atoms with Gasteiger partial charge in [-0.3, -0.25) is 0 Å². The highest BCUT2D eigenvalue weighted by Crippen LogP contribution is 2.32. The van der Waals surface area contributed by atoms with Gasteiger partial charge in [-0.25, -0.2) is 8.42 Å². The number of benzene rings is 1. The molecule has 3 aromatic rings. The smallest absolute Gasteiger partial charge is 0.243 e. The fourth-order valence-corrected chi connectivity index (χ4v) is 5.54. The van der Waals surface area contributed by atoms with E-state index in [4.69, 9.17) is 4.52 Å². The highest BCUT2D eigenvalue weighted by Gasteiger charge is 2.32. The Morgan fingerprint density at radius 3 is 2.46 bits per heavy atom. The molecule has 1 saturated heterocycles. The number of nitrogens with zero attached hydrogens (tertiary/aromatic N) is 3. The van der Waals surface area contributed by atoms with Crippen LogP contribution in [0.25, 0.3) is 10.7 Å². The number of piperidine rings is 1. The molecule has 2 aromatic heterocycles. The van der Waals surface area contributed by atoms with Crippen molar-refractivity contribution >= 4 is 21.4 Å². The topological polar surface area (TPSA) is 76.3 Å². The van der Waals surface area contributed by atoms with Crippen molar-refractivity contribution in [3.63, 3.8) is 0 Å². The summed E-state index contributed by atoms with van der Waals surface area (Å²) in [7, 11) is -3.47. The summed E-state index contributed by atoms with van der Waals surface area (Å²) in [5.41, 5.74) is 1.13. The summed E-state index contributed by atoms with van der Waals surface area (Å²) in [4.78, 5) is 5.84. The van der Waals surface area contributed by atoms with E-state index in [-0.39, 0.29) is 5.92 Å². The third kappa shape index (κ3) is 3.76. The molecule has 0 saturated carbocycles. The lowest BCUT2D eigenvalue weighted by atomic mass is 9.98. The molecule has 1 aromatic carbocycles. The van der Waals surface area contributed by atoms with E-state index in [0.717, 1.165) is 10.4 Å². The first kappa shape index (κ1) is 19.3. The monoisotopic (exact) mass is 417 g/mol. The highest BCUT2D eigenvalue weighted by atomic mass is 32.2. The minimum atomic E-state index is -3.47. The second-order valence-corrected chi connectivity index (χ2v) is 10.2. The molecule has 0 bridgehead atoms. The molecular weight excluding hydrogens is 394 g/mol. The molecule has 1 aliphatic heterocycles. The molecule has 6 nitrogen and oxygen atoms in total. The average Bonchev–Trinajstić information content (AvgIpc) is 3.40. The Hall–Kier alpha value is -2.03. The van der Waals surface area contributed by atoms with E-state index in [1.54, 1.807) is 27.8 Å². The zero-order valence-electron chi connectivity index (χ0n) is 15.9. The van der Waals surface area contributed by atoms with Crippen LogP contribution in [0.15, 0.2) is 51.2 Å². The van der Waals surface area contributed by atoms with E-state index in [1.165, 1.54) is 0 Å². The molecule has 1 aliphatic rings. The standard InChI is InChI=1S/C20H23N3O3S2/c1-14(2)15-5-7-17(8-6-15)28(24,25)23-11-9-16(10-12-23)20-21-19(22-26-20)18-4-3-13-27-18/h3-8,13-14,16H,9-12H2,1-2H3. The van der Waals surface area contributed by atoms with Crippen molar-refractivity contribution in [2.75, 3.05) is 13.1 Å². The van der Waals surface area contributed by atoms with Crippen molar-refractivity contribution in [1.82, 2.24) is 14.4 Å². The third-order valence-electron chi connectivity index (χ3n) is 5.17. The Morgan fingerprint density at radius 2 is 1.86 bits per heavy atom. The van der Waals surface area contributed by atoms with E-state index in [2.05, 4.69) is 24.0 Å². The SMILES string of the molecule is CC(C)c1ccc(S(=O)(=O)N2CCC(c3nc(-c4cccs4)no3)CC2)cc1. The fraction of sp³-hybridized carbons (Fsp3) is 0.400. The van der Waals surface area contributed by atoms with Crippen molar-refractivity contribution in [1.29, 1.82) is 0 Å². The van der Waals surface area contributed by atoms with Gasteiger partial charge in [-0.1, -0.05) is 37.2 Å². The molecule has 0 aliphatic carbocycles. The van der Waals surface area contributed by atoms with Crippen LogP contribution in [-0.4, -0.2) is 36.0 Å². The molecule has 0 amide bonds. The zero-order chi connectivity index (χ0) is 19.7. The minimum absolute atomic E-state index is 0.0935. The molecule has 0 radical (unpaired) electrons. The van der Waals surface area contributed by atoms with Gasteiger partial charge in [0.2, 0.25) is 21.7 Å². The molecule has 0 N–H and O–H groups in total. The van der Waals surface area contributed by atoms with E-state index in [0.29, 0.717) is 48.5 Å². The number of aromatic nitrogens is 2. The molecule has 4 rings (SSSR count). The highest BCUT2D eigenvalue weighted by molar-refractivity contribution is 7.89. The summed E-state index contributed by atoms with van der Waals surface area (Å²) in [6.07, 6.45) is 1.35. The van der Waals surface area contributed by atoms with E-state index in [1.807, 2.05) is 29.6 Å². The summed E-state index contributed by atoms with van der Waals surface area (Å²) in [5.74, 6) is 1.67. The fourth-order valence-electron chi connectivity index (χ4n) is 3.42. The van der Waals surface area contributed by atoms with Crippen LogP contribution in [0, 0.1) is 0 Å². The Morgan fingerprint density at radius 1 is 1.14 bits per heavy atom. The van der Waals surface area contributed by atoms with Crippen LogP contribution in [0.5, 0.6) is 0 Å². The van der Waals surface area contributed by atoms with Gasteiger partial charge in [0.1, 0.15) is 0 Å². The Labute approximate surface area is 169 Å². The molecule has 8 heteroatoms. The molecular formula is C20H23N3O3S2. The summed E-state index contributed by atoms with van der Waals surface area (Å²) >= 11 is 1.57. The summed E-state index contributed by atoms with van der Waals surface area (Å²) in [5, 5.41) is 6.04. The van der Waals surface area contributed by atoms with E-state index in [9.17, 15) is 8.42 Å². The first-order chi connectivity index (χ1) is 13.4. The lowest BCUT2D eigenvalue weighted by Gasteiger charge is -2.29. The normalized spacial score (nSPS) is 16.7. The first-order valence-corrected chi connectivity index (χ1v) is 11.7. The summed E-state index contributed by atoms with van der Waals surface area (Å²) in [6.45, 7) is 5.09. The second kappa shape index (κ2) is 7.77. The van der Waals surface area contributed by atoms with Crippen molar-refractivity contribution in [2.24, 2.45) is 0 Å². The lowest BCUT2D eigenvalue weighted by Crippen LogP contribution is -2.37. The number of hydrogen-bond donors (Lipinski definition) is 0. The van der Waals surface area contributed by atoms with E-state index >= 15 is 0 Å². The number of rotatable bonds is 5. The maximum atomic E-state index is 12.9. The largest absolute Gasteiger partial charge is 0.339 e. The molecule has 1 fully saturated rings. The van der Waals surface area contributed by atoms with Crippen LogP contribution in [0.4, 0.5) is 0 Å². The second-order valence-electron chi connectivity index (χ2n) is 7.34. The molecule has 0 unspecified atom stereocenters. The van der Waals surface area contributed by atoms with Crippen molar-refractivity contribution < 1.29 is 12.9 Å². The van der Waals surface area contributed by atoms with Gasteiger partial charge in [0.15, 0.2) is 0 Å². The Balaban J connectivity index is 1.43. The number of thiophene rings is 1. The lowest BCUT2D eigenvalue weighted by molar-refractivity contribution is 0.271. The van der Waals surface area contributed by atoms with Crippen LogP contribution in [0.2, 0.25) is 0 Å². The number of hydrogen-bond acceptors (Lipinski definition) is 6. The van der Waals surface area contributed by atoms with Gasteiger partial charge in [0.05, 0.1) is 9.77 Å². The van der Waals surface area contributed by atoms with Crippen LogP contribution in [-0.2, 0) is 10.0 Å². The predicted molar refractivity (Wildman–Crippen MR) is 109 cm³/mol. The third-order valence-corrected chi connectivity index (χ3v) is 7.95. The van der Waals surface area contributed by atoms with Gasteiger partial charge in [0, 0.05) is 19.0 Å². The van der Waals surface area contributed by atoms with Gasteiger partial charge < -0.3 is 4.52 Å². The van der Waals surface area contributed by atoms with Crippen LogP contribution in [0.1, 0.15) is 50.0 Å². The maximum Gasteiger partial charge on any atom is 0.243 e. The molecule has 148 valence electrons.